The highest BCUT2D eigenvalue weighted by molar-refractivity contribution is 5.88. The third kappa shape index (κ3) is 4.76. The van der Waals surface area contributed by atoms with E-state index in [0.29, 0.717) is 23.3 Å². The van der Waals surface area contributed by atoms with Gasteiger partial charge in [-0.15, -0.1) is 0 Å². The van der Waals surface area contributed by atoms with Crippen molar-refractivity contribution in [2.24, 2.45) is 11.8 Å². The molecule has 1 aromatic rings. The van der Waals surface area contributed by atoms with E-state index in [2.05, 4.69) is 19.2 Å². The Bertz CT molecular complexity index is 517. The van der Waals surface area contributed by atoms with Crippen molar-refractivity contribution < 1.29 is 14.3 Å². The van der Waals surface area contributed by atoms with Crippen LogP contribution >= 0.6 is 0 Å². The number of nitrogens with zero attached hydrogens (tertiary/aromatic N) is 1. The maximum Gasteiger partial charge on any atom is 0.260 e. The fourth-order valence-electron chi connectivity index (χ4n) is 2.94. The zero-order valence-electron chi connectivity index (χ0n) is 13.5. The molecule has 2 rings (SSSR count). The summed E-state index contributed by atoms with van der Waals surface area (Å²) in [5.74, 6) is 1.64. The minimum Gasteiger partial charge on any atom is -0.484 e. The number of carbonyl (C=O) groups is 2. The lowest BCUT2D eigenvalue weighted by molar-refractivity contribution is -0.136. The normalized spacial score (nSPS) is 21.3. The Balaban J connectivity index is 1.84. The Labute approximate surface area is 131 Å². The first kappa shape index (κ1) is 16.3. The number of anilines is 1. The molecule has 0 saturated carbocycles. The number of benzene rings is 1. The van der Waals surface area contributed by atoms with Gasteiger partial charge in [0.25, 0.3) is 5.91 Å². The van der Waals surface area contributed by atoms with Gasteiger partial charge in [-0.2, -0.15) is 0 Å². The lowest BCUT2D eigenvalue weighted by Crippen LogP contribution is -2.44. The Morgan fingerprint density at radius 3 is 2.32 bits per heavy atom. The summed E-state index contributed by atoms with van der Waals surface area (Å²) in [4.78, 5) is 25.1. The quantitative estimate of drug-likeness (QED) is 0.930. The van der Waals surface area contributed by atoms with E-state index >= 15 is 0 Å². The molecule has 2 atom stereocenters. The van der Waals surface area contributed by atoms with Gasteiger partial charge in [-0.25, -0.2) is 0 Å². The molecule has 5 heteroatoms. The molecule has 0 radical (unpaired) electrons. The van der Waals surface area contributed by atoms with Gasteiger partial charge in [0.2, 0.25) is 5.91 Å². The minimum atomic E-state index is -0.114. The van der Waals surface area contributed by atoms with Crippen LogP contribution in [-0.4, -0.2) is 36.4 Å². The molecule has 5 nitrogen and oxygen atoms in total. The third-order valence-corrected chi connectivity index (χ3v) is 3.76. The Morgan fingerprint density at radius 2 is 1.77 bits per heavy atom. The first-order chi connectivity index (χ1) is 10.4. The molecular weight excluding hydrogens is 280 g/mol. The van der Waals surface area contributed by atoms with Gasteiger partial charge in [-0.05, 0) is 42.5 Å². The zero-order chi connectivity index (χ0) is 16.1. The second-order valence-electron chi connectivity index (χ2n) is 6.24. The van der Waals surface area contributed by atoms with E-state index in [1.54, 1.807) is 24.3 Å². The number of hydrogen-bond acceptors (Lipinski definition) is 3. The molecule has 1 N–H and O–H groups in total. The van der Waals surface area contributed by atoms with E-state index in [4.69, 9.17) is 4.74 Å². The SMILES string of the molecule is CC(=O)Nc1ccc(OCC(=O)N2CC(C)CC(C)C2)cc1. The number of nitrogens with one attached hydrogen (secondary N) is 1. The molecule has 0 bridgehead atoms. The Hall–Kier alpha value is -2.04. The summed E-state index contributed by atoms with van der Waals surface area (Å²) < 4.78 is 5.55. The molecule has 2 unspecified atom stereocenters. The summed E-state index contributed by atoms with van der Waals surface area (Å²) in [5.41, 5.74) is 0.713. The van der Waals surface area contributed by atoms with Crippen LogP contribution in [0.5, 0.6) is 5.75 Å². The highest BCUT2D eigenvalue weighted by atomic mass is 16.5. The molecule has 22 heavy (non-hydrogen) atoms. The fourth-order valence-corrected chi connectivity index (χ4v) is 2.94. The highest BCUT2D eigenvalue weighted by Crippen LogP contribution is 2.21. The van der Waals surface area contributed by atoms with Gasteiger partial charge >= 0.3 is 0 Å². The van der Waals surface area contributed by atoms with Gasteiger partial charge < -0.3 is 15.0 Å². The number of amides is 2. The number of hydrogen-bond donors (Lipinski definition) is 1. The van der Waals surface area contributed by atoms with Crippen molar-refractivity contribution in [2.45, 2.75) is 27.2 Å². The van der Waals surface area contributed by atoms with E-state index < -0.39 is 0 Å². The highest BCUT2D eigenvalue weighted by Gasteiger charge is 2.25. The van der Waals surface area contributed by atoms with E-state index in [1.807, 2.05) is 4.90 Å². The van der Waals surface area contributed by atoms with Crippen LogP contribution in [0.4, 0.5) is 5.69 Å². The van der Waals surface area contributed by atoms with E-state index in [1.165, 1.54) is 13.3 Å². The van der Waals surface area contributed by atoms with Crippen molar-refractivity contribution in [2.75, 3.05) is 25.0 Å². The summed E-state index contributed by atoms with van der Waals surface area (Å²) in [5, 5.41) is 2.69. The summed E-state index contributed by atoms with van der Waals surface area (Å²) >= 11 is 0. The van der Waals surface area contributed by atoms with Crippen LogP contribution in [0.25, 0.3) is 0 Å². The van der Waals surface area contributed by atoms with Crippen LogP contribution in [0.1, 0.15) is 27.2 Å². The van der Waals surface area contributed by atoms with Gasteiger partial charge in [0, 0.05) is 25.7 Å². The largest absolute Gasteiger partial charge is 0.484 e. The van der Waals surface area contributed by atoms with Gasteiger partial charge in [-0.3, -0.25) is 9.59 Å². The maximum absolute atomic E-state index is 12.2. The molecule has 2 amide bonds. The van der Waals surface area contributed by atoms with Gasteiger partial charge in [0.1, 0.15) is 5.75 Å². The Kier molecular flexibility index (Phi) is 5.41. The van der Waals surface area contributed by atoms with Crippen LogP contribution in [0.2, 0.25) is 0 Å². The monoisotopic (exact) mass is 304 g/mol. The van der Waals surface area contributed by atoms with Crippen molar-refractivity contribution in [1.29, 1.82) is 0 Å². The number of carbonyl (C=O) groups excluding carboxylic acids is 2. The molecule has 1 aromatic carbocycles. The molecular formula is C17H24N2O3. The van der Waals surface area contributed by atoms with Crippen molar-refractivity contribution in [3.05, 3.63) is 24.3 Å². The second-order valence-corrected chi connectivity index (χ2v) is 6.24. The molecule has 1 fully saturated rings. The van der Waals surface area contributed by atoms with Crippen molar-refractivity contribution in [1.82, 2.24) is 4.90 Å². The lowest BCUT2D eigenvalue weighted by atomic mass is 9.92. The number of likely N-dealkylation sites (tertiary alicyclic amines) is 1. The zero-order valence-corrected chi connectivity index (χ0v) is 13.5. The van der Waals surface area contributed by atoms with Crippen LogP contribution in [-0.2, 0) is 9.59 Å². The molecule has 1 aliphatic heterocycles. The van der Waals surface area contributed by atoms with Crippen LogP contribution in [0.3, 0.4) is 0 Å². The summed E-state index contributed by atoms with van der Waals surface area (Å²) in [6, 6.07) is 7.01. The van der Waals surface area contributed by atoms with Gasteiger partial charge in [0.15, 0.2) is 6.61 Å². The smallest absolute Gasteiger partial charge is 0.260 e. The van der Waals surface area contributed by atoms with Crippen LogP contribution < -0.4 is 10.1 Å². The maximum atomic E-state index is 12.2. The number of piperidine rings is 1. The lowest BCUT2D eigenvalue weighted by Gasteiger charge is -2.34. The third-order valence-electron chi connectivity index (χ3n) is 3.76. The first-order valence-electron chi connectivity index (χ1n) is 7.72. The molecule has 120 valence electrons. The topological polar surface area (TPSA) is 58.6 Å². The van der Waals surface area contributed by atoms with E-state index in [9.17, 15) is 9.59 Å². The standard InChI is InChI=1S/C17H24N2O3/c1-12-8-13(2)10-19(9-12)17(21)11-22-16-6-4-15(5-7-16)18-14(3)20/h4-7,12-13H,8-11H2,1-3H3,(H,18,20). The molecule has 0 aliphatic carbocycles. The molecule has 1 saturated heterocycles. The van der Waals surface area contributed by atoms with Gasteiger partial charge in [0.05, 0.1) is 0 Å². The molecule has 1 aliphatic rings. The summed E-state index contributed by atoms with van der Waals surface area (Å²) in [6.07, 6.45) is 1.18. The average molecular weight is 304 g/mol. The number of ether oxygens (including phenoxy) is 1. The summed E-state index contributed by atoms with van der Waals surface area (Å²) in [7, 11) is 0. The fraction of sp³-hybridized carbons (Fsp3) is 0.529. The molecule has 0 aromatic heterocycles. The predicted octanol–water partition coefficient (Wildman–Crippen LogP) is 2.53. The van der Waals surface area contributed by atoms with E-state index in [-0.39, 0.29) is 18.4 Å². The summed E-state index contributed by atoms with van der Waals surface area (Å²) in [6.45, 7) is 7.50. The van der Waals surface area contributed by atoms with Crippen molar-refractivity contribution >= 4 is 17.5 Å². The Morgan fingerprint density at radius 1 is 1.18 bits per heavy atom. The van der Waals surface area contributed by atoms with E-state index in [0.717, 1.165) is 13.1 Å². The second kappa shape index (κ2) is 7.29. The van der Waals surface area contributed by atoms with Crippen LogP contribution in [0, 0.1) is 11.8 Å². The van der Waals surface area contributed by atoms with Gasteiger partial charge in [-0.1, -0.05) is 13.8 Å². The minimum absolute atomic E-state index is 0.0318. The average Bonchev–Trinajstić information content (AvgIpc) is 2.44. The van der Waals surface area contributed by atoms with Crippen LogP contribution in [0.15, 0.2) is 24.3 Å². The number of rotatable bonds is 4. The molecule has 0 spiro atoms. The van der Waals surface area contributed by atoms with Crippen molar-refractivity contribution in [3.8, 4) is 5.75 Å². The molecule has 1 heterocycles. The first-order valence-corrected chi connectivity index (χ1v) is 7.72. The van der Waals surface area contributed by atoms with Crippen molar-refractivity contribution in [3.63, 3.8) is 0 Å². The predicted molar refractivity (Wildman–Crippen MR) is 85.8 cm³/mol.